The van der Waals surface area contributed by atoms with Gasteiger partial charge in [0, 0.05) is 31.3 Å². The summed E-state index contributed by atoms with van der Waals surface area (Å²) >= 11 is 4.01. The Balaban J connectivity index is 1.95. The molecule has 0 atom stereocenters. The summed E-state index contributed by atoms with van der Waals surface area (Å²) in [5.41, 5.74) is 0.514. The largest absolute Gasteiger partial charge is 0.343 e. The van der Waals surface area contributed by atoms with E-state index >= 15 is 0 Å². The highest BCUT2D eigenvalue weighted by molar-refractivity contribution is 7.78. The molecule has 1 amide bonds. The molecule has 0 N–H and O–H groups in total. The van der Waals surface area contributed by atoms with E-state index < -0.39 is 0 Å². The van der Waals surface area contributed by atoms with Gasteiger partial charge < -0.3 is 4.90 Å². The van der Waals surface area contributed by atoms with Crippen molar-refractivity contribution in [3.05, 3.63) is 34.2 Å². The first kappa shape index (κ1) is 12.2. The van der Waals surface area contributed by atoms with Crippen LogP contribution in [-0.2, 0) is 11.2 Å². The van der Waals surface area contributed by atoms with Crippen molar-refractivity contribution >= 4 is 18.7 Å². The Hall–Kier alpha value is -1.23. The zero-order valence-electron chi connectivity index (χ0n) is 9.63. The van der Waals surface area contributed by atoms with Gasteiger partial charge in [-0.1, -0.05) is 18.9 Å². The number of likely N-dealkylation sites (tertiary alicyclic amines) is 1. The maximum Gasteiger partial charge on any atom is 0.263 e. The summed E-state index contributed by atoms with van der Waals surface area (Å²) < 4.78 is 1.25. The molecule has 1 aliphatic rings. The molecule has 1 saturated heterocycles. The first-order chi connectivity index (χ1) is 8.18. The molecule has 0 aliphatic carbocycles. The van der Waals surface area contributed by atoms with E-state index in [-0.39, 0.29) is 11.5 Å². The summed E-state index contributed by atoms with van der Waals surface area (Å²) in [5, 5.41) is 0. The molecule has 2 heterocycles. The average Bonchev–Trinajstić information content (AvgIpc) is 2.84. The van der Waals surface area contributed by atoms with E-state index in [9.17, 15) is 9.59 Å². The fraction of sp³-hybridized carbons (Fsp3) is 0.500. The van der Waals surface area contributed by atoms with Crippen molar-refractivity contribution in [3.8, 4) is 0 Å². The zero-order valence-corrected chi connectivity index (χ0v) is 10.5. The minimum absolute atomic E-state index is 0.134. The average molecular weight is 252 g/mol. The second kappa shape index (κ2) is 5.40. The second-order valence-electron chi connectivity index (χ2n) is 4.27. The molecule has 1 aromatic rings. The van der Waals surface area contributed by atoms with Crippen molar-refractivity contribution in [2.45, 2.75) is 25.7 Å². The maximum atomic E-state index is 11.8. The highest BCUT2D eigenvalue weighted by Gasteiger charge is 2.17. The molecule has 5 heteroatoms. The fourth-order valence-corrected chi connectivity index (χ4v) is 2.29. The van der Waals surface area contributed by atoms with Gasteiger partial charge in [0.2, 0.25) is 5.91 Å². The van der Waals surface area contributed by atoms with Gasteiger partial charge in [0.1, 0.15) is 0 Å². The molecule has 0 bridgehead atoms. The third-order valence-corrected chi connectivity index (χ3v) is 3.39. The van der Waals surface area contributed by atoms with Gasteiger partial charge in [-0.3, -0.25) is 13.6 Å². The molecule has 0 spiro atoms. The number of pyridine rings is 1. The van der Waals surface area contributed by atoms with E-state index in [4.69, 9.17) is 0 Å². The van der Waals surface area contributed by atoms with Gasteiger partial charge in [-0.2, -0.15) is 0 Å². The fourth-order valence-electron chi connectivity index (χ4n) is 2.08. The van der Waals surface area contributed by atoms with Gasteiger partial charge in [0.15, 0.2) is 0 Å². The van der Waals surface area contributed by atoms with E-state index in [2.05, 4.69) is 12.8 Å². The predicted molar refractivity (Wildman–Crippen MR) is 69.2 cm³/mol. The molecule has 0 radical (unpaired) electrons. The highest BCUT2D eigenvalue weighted by atomic mass is 32.1. The number of rotatable bonds is 3. The first-order valence-electron chi connectivity index (χ1n) is 5.86. The number of hydrogen-bond acceptors (Lipinski definition) is 3. The van der Waals surface area contributed by atoms with Crippen molar-refractivity contribution in [1.82, 2.24) is 8.87 Å². The molecule has 1 aliphatic heterocycles. The Bertz CT molecular complexity index is 464. The van der Waals surface area contributed by atoms with Crippen LogP contribution in [0, 0.1) is 0 Å². The lowest BCUT2D eigenvalue weighted by Gasteiger charge is -2.14. The summed E-state index contributed by atoms with van der Waals surface area (Å²) in [5.74, 6) is 0.150. The Labute approximate surface area is 106 Å². The standard InChI is InChI=1S/C12H16N2O2S/c15-11(13-7-1-2-8-13)6-5-10-4-3-9-14(17)12(10)16/h3-4,9,17H,1-2,5-8H2. The molecule has 0 saturated carbocycles. The van der Waals surface area contributed by atoms with Crippen molar-refractivity contribution < 1.29 is 4.79 Å². The van der Waals surface area contributed by atoms with E-state index in [1.54, 1.807) is 18.3 Å². The van der Waals surface area contributed by atoms with Crippen molar-refractivity contribution in [2.24, 2.45) is 0 Å². The lowest BCUT2D eigenvalue weighted by molar-refractivity contribution is -0.130. The van der Waals surface area contributed by atoms with Crippen LogP contribution in [0.5, 0.6) is 0 Å². The number of nitrogens with zero attached hydrogens (tertiary/aromatic N) is 2. The number of hydrogen-bond donors (Lipinski definition) is 1. The summed E-state index contributed by atoms with van der Waals surface area (Å²) in [7, 11) is 0. The molecule has 4 nitrogen and oxygen atoms in total. The Morgan fingerprint density at radius 1 is 1.35 bits per heavy atom. The number of carbonyl (C=O) groups is 1. The minimum Gasteiger partial charge on any atom is -0.343 e. The molecule has 2 rings (SSSR count). The monoisotopic (exact) mass is 252 g/mol. The smallest absolute Gasteiger partial charge is 0.263 e. The van der Waals surface area contributed by atoms with Crippen LogP contribution in [0.15, 0.2) is 23.1 Å². The van der Waals surface area contributed by atoms with Crippen LogP contribution in [0.4, 0.5) is 0 Å². The van der Waals surface area contributed by atoms with E-state index in [0.29, 0.717) is 18.4 Å². The summed E-state index contributed by atoms with van der Waals surface area (Å²) in [4.78, 5) is 25.4. The van der Waals surface area contributed by atoms with Crippen LogP contribution in [0.1, 0.15) is 24.8 Å². The van der Waals surface area contributed by atoms with Crippen LogP contribution in [0.3, 0.4) is 0 Å². The van der Waals surface area contributed by atoms with Crippen LogP contribution in [-0.4, -0.2) is 27.9 Å². The normalized spacial score (nSPS) is 15.2. The topological polar surface area (TPSA) is 42.3 Å². The van der Waals surface area contributed by atoms with Gasteiger partial charge in [-0.15, -0.1) is 0 Å². The number of amides is 1. The SMILES string of the molecule is O=C(CCc1cccn(S)c1=O)N1CCCC1. The van der Waals surface area contributed by atoms with E-state index in [1.165, 1.54) is 3.97 Å². The minimum atomic E-state index is -0.134. The second-order valence-corrected chi connectivity index (χ2v) is 4.70. The quantitative estimate of drug-likeness (QED) is 0.818. The van der Waals surface area contributed by atoms with Gasteiger partial charge in [0.25, 0.3) is 5.56 Å². The van der Waals surface area contributed by atoms with Crippen molar-refractivity contribution in [2.75, 3.05) is 13.1 Å². The predicted octanol–water partition coefficient (Wildman–Crippen LogP) is 1.10. The molecule has 0 unspecified atom stereocenters. The van der Waals surface area contributed by atoms with E-state index in [1.807, 2.05) is 4.90 Å². The van der Waals surface area contributed by atoms with Gasteiger partial charge >= 0.3 is 0 Å². The van der Waals surface area contributed by atoms with Crippen molar-refractivity contribution in [1.29, 1.82) is 0 Å². The Kier molecular flexibility index (Phi) is 3.89. The maximum absolute atomic E-state index is 11.8. The molecule has 92 valence electrons. The first-order valence-corrected chi connectivity index (χ1v) is 6.26. The number of carbonyl (C=O) groups excluding carboxylic acids is 1. The van der Waals surface area contributed by atoms with Gasteiger partial charge in [-0.25, -0.2) is 0 Å². The van der Waals surface area contributed by atoms with Crippen LogP contribution in [0.2, 0.25) is 0 Å². The van der Waals surface area contributed by atoms with Crippen LogP contribution < -0.4 is 5.56 Å². The summed E-state index contributed by atoms with van der Waals surface area (Å²) in [6, 6.07) is 3.52. The van der Waals surface area contributed by atoms with Gasteiger partial charge in [-0.05, 0) is 25.3 Å². The molecule has 1 fully saturated rings. The highest BCUT2D eigenvalue weighted by Crippen LogP contribution is 2.10. The zero-order chi connectivity index (χ0) is 12.3. The molecular weight excluding hydrogens is 236 g/mol. The van der Waals surface area contributed by atoms with Gasteiger partial charge in [0.05, 0.1) is 0 Å². The molecule has 17 heavy (non-hydrogen) atoms. The molecule has 0 aromatic carbocycles. The third kappa shape index (κ3) is 2.91. The number of thiol groups is 1. The van der Waals surface area contributed by atoms with Crippen molar-refractivity contribution in [3.63, 3.8) is 0 Å². The Morgan fingerprint density at radius 3 is 2.76 bits per heavy atom. The number of aromatic nitrogens is 1. The van der Waals surface area contributed by atoms with E-state index in [0.717, 1.165) is 25.9 Å². The van der Waals surface area contributed by atoms with Crippen LogP contribution >= 0.6 is 12.8 Å². The third-order valence-electron chi connectivity index (χ3n) is 3.07. The lowest BCUT2D eigenvalue weighted by atomic mass is 10.1. The Morgan fingerprint density at radius 2 is 2.06 bits per heavy atom. The molecular formula is C12H16N2O2S. The lowest BCUT2D eigenvalue weighted by Crippen LogP contribution is -2.28. The van der Waals surface area contributed by atoms with Crippen LogP contribution in [0.25, 0.3) is 0 Å². The number of aryl methyl sites for hydroxylation is 1. The molecule has 1 aromatic heterocycles. The summed E-state index contributed by atoms with van der Waals surface area (Å²) in [6.45, 7) is 1.73. The summed E-state index contributed by atoms with van der Waals surface area (Å²) in [6.07, 6.45) is 4.70.